The molecule has 0 aromatic heterocycles. The molecule has 2 fully saturated rings. The van der Waals surface area contributed by atoms with Gasteiger partial charge in [-0.2, -0.15) is 0 Å². The summed E-state index contributed by atoms with van der Waals surface area (Å²) in [6.45, 7) is 10.9. The lowest BCUT2D eigenvalue weighted by molar-refractivity contribution is -0.145. The van der Waals surface area contributed by atoms with E-state index in [9.17, 15) is 18.0 Å². The van der Waals surface area contributed by atoms with Crippen LogP contribution in [-0.2, 0) is 9.53 Å². The van der Waals surface area contributed by atoms with Gasteiger partial charge in [-0.05, 0) is 80.4 Å². The smallest absolute Gasteiger partial charge is 0.314 e. The Kier molecular flexibility index (Phi) is 8.02. The van der Waals surface area contributed by atoms with E-state index in [0.717, 1.165) is 31.8 Å². The van der Waals surface area contributed by atoms with E-state index in [0.29, 0.717) is 48.3 Å². The Morgan fingerprint density at radius 3 is 1.88 bits per heavy atom. The van der Waals surface area contributed by atoms with E-state index in [2.05, 4.69) is 20.1 Å². The van der Waals surface area contributed by atoms with Crippen molar-refractivity contribution in [2.45, 2.75) is 77.0 Å². The number of hydrogen-bond acceptors (Lipinski definition) is 2. The molecule has 0 spiro atoms. The van der Waals surface area contributed by atoms with Crippen molar-refractivity contribution in [2.24, 2.45) is 11.8 Å². The highest BCUT2D eigenvalue weighted by Gasteiger charge is 2.32. The normalized spacial score (nSPS) is 26.5. The van der Waals surface area contributed by atoms with Gasteiger partial charge < -0.3 is 4.74 Å². The second kappa shape index (κ2) is 10.5. The molecule has 0 unspecified atom stereocenters. The van der Waals surface area contributed by atoms with Crippen LogP contribution in [0.1, 0.15) is 88.2 Å². The second-order valence-corrected chi connectivity index (χ2v) is 9.56. The van der Waals surface area contributed by atoms with E-state index in [4.69, 9.17) is 4.74 Å². The van der Waals surface area contributed by atoms with Gasteiger partial charge in [-0.1, -0.05) is 50.6 Å². The van der Waals surface area contributed by atoms with Crippen LogP contribution in [0.15, 0.2) is 48.5 Å². The molecular formula is C27H33F3O2. The molecular weight excluding hydrogens is 413 g/mol. The summed E-state index contributed by atoms with van der Waals surface area (Å²) < 4.78 is 48.8. The summed E-state index contributed by atoms with van der Waals surface area (Å²) in [6.07, 6.45) is 7.11. The standard InChI is InChI=1S/C27H33F3O2/c1-16(2)15-24(28)18(4)32-27(31)21-11-9-20(10-12-21)23-14-13-22(25(29)26(23)30)19-7-5-17(3)6-8-19/h13-15,17,19-21H,1,4-12H2,2-3H3/b24-15+. The summed E-state index contributed by atoms with van der Waals surface area (Å²) in [6, 6.07) is 3.49. The maximum atomic E-state index is 15.0. The van der Waals surface area contributed by atoms with Gasteiger partial charge >= 0.3 is 5.97 Å². The first-order chi connectivity index (χ1) is 15.2. The van der Waals surface area contributed by atoms with Crippen LogP contribution >= 0.6 is 0 Å². The minimum atomic E-state index is -0.743. The molecule has 174 valence electrons. The van der Waals surface area contributed by atoms with Crippen LogP contribution in [-0.4, -0.2) is 5.97 Å². The fraction of sp³-hybridized carbons (Fsp3) is 0.519. The molecule has 1 aromatic carbocycles. The summed E-state index contributed by atoms with van der Waals surface area (Å²) in [5.41, 5.74) is 1.37. The third-order valence-electron chi connectivity index (χ3n) is 6.96. The zero-order valence-electron chi connectivity index (χ0n) is 19.1. The summed E-state index contributed by atoms with van der Waals surface area (Å²) in [4.78, 5) is 12.4. The number of esters is 1. The first-order valence-corrected chi connectivity index (χ1v) is 11.6. The highest BCUT2D eigenvalue weighted by Crippen LogP contribution is 2.41. The van der Waals surface area contributed by atoms with Gasteiger partial charge in [-0.25, -0.2) is 13.2 Å². The Morgan fingerprint density at radius 1 is 0.938 bits per heavy atom. The minimum Gasteiger partial charge on any atom is -0.424 e. The Bertz CT molecular complexity index is 902. The van der Waals surface area contributed by atoms with E-state index < -0.39 is 29.3 Å². The third kappa shape index (κ3) is 5.73. The number of benzene rings is 1. The van der Waals surface area contributed by atoms with Gasteiger partial charge in [0, 0.05) is 0 Å². The van der Waals surface area contributed by atoms with Crippen LogP contribution in [0, 0.1) is 23.5 Å². The van der Waals surface area contributed by atoms with Crippen molar-refractivity contribution in [1.82, 2.24) is 0 Å². The van der Waals surface area contributed by atoms with Crippen molar-refractivity contribution >= 4 is 5.97 Å². The Balaban J connectivity index is 1.60. The topological polar surface area (TPSA) is 26.3 Å². The highest BCUT2D eigenvalue weighted by molar-refractivity contribution is 5.74. The molecule has 5 heteroatoms. The number of allylic oxidation sites excluding steroid dienone is 3. The minimum absolute atomic E-state index is 0.0904. The fourth-order valence-electron chi connectivity index (χ4n) is 4.97. The van der Waals surface area contributed by atoms with Gasteiger partial charge in [0.15, 0.2) is 23.2 Å². The highest BCUT2D eigenvalue weighted by atomic mass is 19.2. The maximum Gasteiger partial charge on any atom is 0.314 e. The molecule has 0 N–H and O–H groups in total. The zero-order chi connectivity index (χ0) is 23.4. The van der Waals surface area contributed by atoms with Crippen molar-refractivity contribution in [3.05, 3.63) is 71.3 Å². The molecule has 2 aliphatic rings. The van der Waals surface area contributed by atoms with Crippen molar-refractivity contribution in [1.29, 1.82) is 0 Å². The Morgan fingerprint density at radius 2 is 1.41 bits per heavy atom. The molecule has 0 heterocycles. The molecule has 2 saturated carbocycles. The van der Waals surface area contributed by atoms with Gasteiger partial charge in [0.2, 0.25) is 0 Å². The predicted octanol–water partition coefficient (Wildman–Crippen LogP) is 8.02. The number of rotatable bonds is 6. The molecule has 0 saturated heterocycles. The van der Waals surface area contributed by atoms with E-state index in [1.54, 1.807) is 19.1 Å². The molecule has 3 rings (SSSR count). The number of halogens is 3. The van der Waals surface area contributed by atoms with Crippen LogP contribution in [0.2, 0.25) is 0 Å². The van der Waals surface area contributed by atoms with Gasteiger partial charge in [-0.3, -0.25) is 4.79 Å². The Labute approximate surface area is 189 Å². The average molecular weight is 447 g/mol. The molecule has 0 bridgehead atoms. The van der Waals surface area contributed by atoms with Gasteiger partial charge in [0.1, 0.15) is 0 Å². The summed E-state index contributed by atoms with van der Waals surface area (Å²) in [7, 11) is 0. The van der Waals surface area contributed by atoms with Crippen LogP contribution in [0.3, 0.4) is 0 Å². The summed E-state index contributed by atoms with van der Waals surface area (Å²) in [5, 5.41) is 0. The van der Waals surface area contributed by atoms with E-state index in [1.807, 2.05) is 0 Å². The van der Waals surface area contributed by atoms with E-state index in [-0.39, 0.29) is 17.6 Å². The lowest BCUT2D eigenvalue weighted by Gasteiger charge is -2.29. The number of carbonyl (C=O) groups excluding carboxylic acids is 1. The van der Waals surface area contributed by atoms with Crippen molar-refractivity contribution in [3.63, 3.8) is 0 Å². The lowest BCUT2D eigenvalue weighted by atomic mass is 9.76. The number of carbonyl (C=O) groups is 1. The van der Waals surface area contributed by atoms with Crippen LogP contribution in [0.25, 0.3) is 0 Å². The SMILES string of the molecule is C=C(C)/C=C(/F)C(=C)OC(=O)C1CCC(c2ccc(C3CCC(C)CC3)c(F)c2F)CC1. The second-order valence-electron chi connectivity index (χ2n) is 9.56. The molecule has 0 amide bonds. The predicted molar refractivity (Wildman–Crippen MR) is 121 cm³/mol. The maximum absolute atomic E-state index is 15.0. The molecule has 1 aromatic rings. The lowest BCUT2D eigenvalue weighted by Crippen LogP contribution is -2.23. The quantitative estimate of drug-likeness (QED) is 0.251. The molecule has 2 aliphatic carbocycles. The first kappa shape index (κ1) is 24.3. The third-order valence-corrected chi connectivity index (χ3v) is 6.96. The average Bonchev–Trinajstić information content (AvgIpc) is 2.76. The van der Waals surface area contributed by atoms with Gasteiger partial charge in [0.25, 0.3) is 0 Å². The molecule has 32 heavy (non-hydrogen) atoms. The monoisotopic (exact) mass is 446 g/mol. The number of hydrogen-bond donors (Lipinski definition) is 0. The van der Waals surface area contributed by atoms with Crippen LogP contribution in [0.5, 0.6) is 0 Å². The van der Waals surface area contributed by atoms with Crippen molar-refractivity contribution in [3.8, 4) is 0 Å². The summed E-state index contributed by atoms with van der Waals surface area (Å²) in [5.74, 6) is -2.86. The number of ether oxygens (including phenoxy) is 1. The van der Waals surface area contributed by atoms with Gasteiger partial charge in [-0.15, -0.1) is 0 Å². The van der Waals surface area contributed by atoms with Crippen molar-refractivity contribution < 1.29 is 22.7 Å². The largest absolute Gasteiger partial charge is 0.424 e. The Hall–Kier alpha value is -2.30. The van der Waals surface area contributed by atoms with Gasteiger partial charge in [0.05, 0.1) is 5.92 Å². The van der Waals surface area contributed by atoms with Crippen LogP contribution < -0.4 is 0 Å². The fourth-order valence-corrected chi connectivity index (χ4v) is 4.97. The first-order valence-electron chi connectivity index (χ1n) is 11.6. The molecule has 0 radical (unpaired) electrons. The van der Waals surface area contributed by atoms with Crippen LogP contribution in [0.4, 0.5) is 13.2 Å². The molecule has 0 aliphatic heterocycles. The molecule has 2 nitrogen and oxygen atoms in total. The van der Waals surface area contributed by atoms with E-state index >= 15 is 0 Å². The van der Waals surface area contributed by atoms with E-state index in [1.165, 1.54) is 0 Å². The zero-order valence-corrected chi connectivity index (χ0v) is 19.1. The molecule has 0 atom stereocenters. The van der Waals surface area contributed by atoms with Crippen molar-refractivity contribution in [2.75, 3.05) is 0 Å². The summed E-state index contributed by atoms with van der Waals surface area (Å²) >= 11 is 0.